The molecule has 0 spiro atoms. The summed E-state index contributed by atoms with van der Waals surface area (Å²) in [5, 5.41) is 20.2. The topological polar surface area (TPSA) is 103 Å². The van der Waals surface area contributed by atoms with Crippen molar-refractivity contribution in [3.05, 3.63) is 62.4 Å². The Morgan fingerprint density at radius 3 is 2.58 bits per heavy atom. The summed E-state index contributed by atoms with van der Waals surface area (Å²) in [5.74, 6) is -0.0948. The summed E-state index contributed by atoms with van der Waals surface area (Å²) in [6.45, 7) is 2.07. The minimum atomic E-state index is -0.521. The maximum Gasteiger partial charge on any atom is 0.270 e. The number of anilines is 1. The van der Waals surface area contributed by atoms with Gasteiger partial charge in [0.1, 0.15) is 6.07 Å². The second-order valence-corrected chi connectivity index (χ2v) is 6.66. The molecule has 8 nitrogen and oxygen atoms in total. The molecule has 132 valence electrons. The molecule has 1 aliphatic rings. The van der Waals surface area contributed by atoms with Gasteiger partial charge in [-0.05, 0) is 28.1 Å². The van der Waals surface area contributed by atoms with Gasteiger partial charge in [-0.3, -0.25) is 19.9 Å². The van der Waals surface area contributed by atoms with E-state index in [1.165, 1.54) is 18.3 Å². The Kier molecular flexibility index (Phi) is 5.14. The van der Waals surface area contributed by atoms with E-state index in [1.54, 1.807) is 23.2 Å². The van der Waals surface area contributed by atoms with E-state index in [1.807, 2.05) is 11.0 Å². The first-order valence-corrected chi connectivity index (χ1v) is 8.62. The van der Waals surface area contributed by atoms with E-state index in [-0.39, 0.29) is 17.2 Å². The molecule has 1 fully saturated rings. The Morgan fingerprint density at radius 2 is 1.96 bits per heavy atom. The van der Waals surface area contributed by atoms with Crippen molar-refractivity contribution in [2.45, 2.75) is 0 Å². The number of carbonyl (C=O) groups excluding carboxylic acids is 1. The molecule has 2 heterocycles. The second kappa shape index (κ2) is 7.49. The molecule has 0 radical (unpaired) electrons. The molecule has 0 bridgehead atoms. The summed E-state index contributed by atoms with van der Waals surface area (Å²) in [6.07, 6.45) is 3.15. The number of hydrogen-bond donors (Lipinski definition) is 0. The van der Waals surface area contributed by atoms with Gasteiger partial charge in [0.15, 0.2) is 0 Å². The number of aromatic nitrogens is 1. The van der Waals surface area contributed by atoms with Crippen LogP contribution in [0.15, 0.2) is 41.1 Å². The fourth-order valence-electron chi connectivity index (χ4n) is 2.86. The van der Waals surface area contributed by atoms with Crippen molar-refractivity contribution in [1.82, 2.24) is 9.88 Å². The van der Waals surface area contributed by atoms with E-state index in [0.717, 1.165) is 4.47 Å². The summed E-state index contributed by atoms with van der Waals surface area (Å²) in [7, 11) is 0. The number of benzene rings is 1. The smallest absolute Gasteiger partial charge is 0.270 e. The van der Waals surface area contributed by atoms with Crippen molar-refractivity contribution in [3.63, 3.8) is 0 Å². The van der Waals surface area contributed by atoms with Crippen LogP contribution in [-0.4, -0.2) is 46.9 Å². The van der Waals surface area contributed by atoms with Crippen molar-refractivity contribution in [3.8, 4) is 6.07 Å². The Bertz CT molecular complexity index is 904. The molecule has 1 aromatic carbocycles. The van der Waals surface area contributed by atoms with E-state index < -0.39 is 4.92 Å². The van der Waals surface area contributed by atoms with Crippen LogP contribution >= 0.6 is 15.9 Å². The normalized spacial score (nSPS) is 14.0. The lowest BCUT2D eigenvalue weighted by Gasteiger charge is -2.36. The molecule has 0 aliphatic carbocycles. The molecule has 0 unspecified atom stereocenters. The van der Waals surface area contributed by atoms with E-state index in [0.29, 0.717) is 37.4 Å². The number of pyridine rings is 1. The zero-order valence-electron chi connectivity index (χ0n) is 13.6. The predicted molar refractivity (Wildman–Crippen MR) is 97.9 cm³/mol. The van der Waals surface area contributed by atoms with Crippen LogP contribution in [0.25, 0.3) is 0 Å². The van der Waals surface area contributed by atoms with E-state index in [9.17, 15) is 20.2 Å². The highest BCUT2D eigenvalue weighted by atomic mass is 79.9. The van der Waals surface area contributed by atoms with Crippen LogP contribution in [0, 0.1) is 21.4 Å². The zero-order chi connectivity index (χ0) is 18.7. The van der Waals surface area contributed by atoms with Crippen LogP contribution in [0.2, 0.25) is 0 Å². The number of nitro groups is 1. The Labute approximate surface area is 157 Å². The maximum absolute atomic E-state index is 12.6. The molecule has 0 saturated carbocycles. The van der Waals surface area contributed by atoms with Gasteiger partial charge in [-0.1, -0.05) is 0 Å². The molecule has 1 aromatic heterocycles. The van der Waals surface area contributed by atoms with Crippen molar-refractivity contribution in [1.29, 1.82) is 5.26 Å². The van der Waals surface area contributed by atoms with Crippen LogP contribution in [0.3, 0.4) is 0 Å². The van der Waals surface area contributed by atoms with Crippen LogP contribution < -0.4 is 4.90 Å². The number of piperazine rings is 1. The molecule has 0 N–H and O–H groups in total. The first kappa shape index (κ1) is 17.8. The van der Waals surface area contributed by atoms with Gasteiger partial charge in [0.05, 0.1) is 21.7 Å². The number of nitriles is 1. The number of hydrogen-bond acceptors (Lipinski definition) is 6. The molecule has 9 heteroatoms. The highest BCUT2D eigenvalue weighted by Crippen LogP contribution is 2.26. The van der Waals surface area contributed by atoms with Gasteiger partial charge in [0.2, 0.25) is 0 Å². The molecule has 2 aromatic rings. The number of nitro benzene ring substituents is 1. The van der Waals surface area contributed by atoms with Gasteiger partial charge in [-0.2, -0.15) is 5.26 Å². The third kappa shape index (κ3) is 3.65. The number of halogens is 1. The Morgan fingerprint density at radius 1 is 1.23 bits per heavy atom. The molecular weight excluding hydrogens is 402 g/mol. The fourth-order valence-corrected chi connectivity index (χ4v) is 3.23. The highest BCUT2D eigenvalue weighted by molar-refractivity contribution is 9.10. The Hall–Kier alpha value is -2.99. The number of carbonyl (C=O) groups is 1. The molecule has 3 rings (SSSR count). The number of non-ortho nitro benzene ring substituents is 1. The van der Waals surface area contributed by atoms with Crippen LogP contribution in [-0.2, 0) is 0 Å². The van der Waals surface area contributed by atoms with E-state index in [4.69, 9.17) is 0 Å². The van der Waals surface area contributed by atoms with Gasteiger partial charge >= 0.3 is 0 Å². The number of rotatable bonds is 3. The quantitative estimate of drug-likeness (QED) is 0.563. The van der Waals surface area contributed by atoms with E-state index in [2.05, 4.69) is 20.9 Å². The lowest BCUT2D eigenvalue weighted by Crippen LogP contribution is -2.49. The predicted octanol–water partition coefficient (Wildman–Crippen LogP) is 2.59. The maximum atomic E-state index is 12.6. The van der Waals surface area contributed by atoms with Crippen molar-refractivity contribution >= 4 is 33.2 Å². The van der Waals surface area contributed by atoms with Gasteiger partial charge < -0.3 is 9.80 Å². The first-order valence-electron chi connectivity index (χ1n) is 7.83. The van der Waals surface area contributed by atoms with Crippen LogP contribution in [0.1, 0.15) is 15.9 Å². The second-order valence-electron chi connectivity index (χ2n) is 5.74. The monoisotopic (exact) mass is 415 g/mol. The number of nitrogens with zero attached hydrogens (tertiary/aromatic N) is 5. The molecule has 1 aliphatic heterocycles. The fraction of sp³-hybridized carbons (Fsp3) is 0.235. The molecule has 1 amide bonds. The Balaban J connectivity index is 1.72. The van der Waals surface area contributed by atoms with Crippen molar-refractivity contribution < 1.29 is 9.72 Å². The van der Waals surface area contributed by atoms with Crippen LogP contribution in [0.5, 0.6) is 0 Å². The molecular formula is C17H14BrN5O3. The van der Waals surface area contributed by atoms with Crippen molar-refractivity contribution in [2.24, 2.45) is 0 Å². The average Bonchev–Trinajstić information content (AvgIpc) is 2.67. The number of amides is 1. The van der Waals surface area contributed by atoms with Crippen LogP contribution in [0.4, 0.5) is 11.4 Å². The van der Waals surface area contributed by atoms with Gasteiger partial charge in [0, 0.05) is 55.2 Å². The summed E-state index contributed by atoms with van der Waals surface area (Å²) >= 11 is 3.31. The molecule has 1 saturated heterocycles. The van der Waals surface area contributed by atoms with Gasteiger partial charge in [-0.15, -0.1) is 0 Å². The minimum Gasteiger partial charge on any atom is -0.367 e. The van der Waals surface area contributed by atoms with Crippen molar-refractivity contribution in [2.75, 3.05) is 31.1 Å². The SMILES string of the molecule is N#Cc1cc([N+](=O)[O-])ccc1N1CCN(C(=O)c2cncc(Br)c2)CC1. The standard InChI is InChI=1S/C17H14BrN5O3/c18-14-7-13(10-20-11-14)17(24)22-5-3-21(4-6-22)16-2-1-15(23(25)26)8-12(16)9-19/h1-2,7-8,10-11H,3-6H2. The zero-order valence-corrected chi connectivity index (χ0v) is 15.2. The van der Waals surface area contributed by atoms with Gasteiger partial charge in [-0.25, -0.2) is 0 Å². The summed E-state index contributed by atoms with van der Waals surface area (Å²) in [4.78, 5) is 30.6. The minimum absolute atomic E-state index is 0.0948. The highest BCUT2D eigenvalue weighted by Gasteiger charge is 2.24. The third-order valence-corrected chi connectivity index (χ3v) is 4.60. The first-order chi connectivity index (χ1) is 12.5. The summed E-state index contributed by atoms with van der Waals surface area (Å²) in [5.41, 5.74) is 1.31. The largest absolute Gasteiger partial charge is 0.367 e. The molecule has 0 atom stereocenters. The summed E-state index contributed by atoms with van der Waals surface area (Å²) < 4.78 is 0.742. The summed E-state index contributed by atoms with van der Waals surface area (Å²) in [6, 6.07) is 8.00. The molecule has 26 heavy (non-hydrogen) atoms. The van der Waals surface area contributed by atoms with E-state index >= 15 is 0 Å². The van der Waals surface area contributed by atoms with Gasteiger partial charge in [0.25, 0.3) is 11.6 Å². The lowest BCUT2D eigenvalue weighted by molar-refractivity contribution is -0.384. The lowest BCUT2D eigenvalue weighted by atomic mass is 10.1. The third-order valence-electron chi connectivity index (χ3n) is 4.17. The average molecular weight is 416 g/mol.